The summed E-state index contributed by atoms with van der Waals surface area (Å²) in [6.07, 6.45) is 0.714. The van der Waals surface area contributed by atoms with Gasteiger partial charge in [0.15, 0.2) is 17.5 Å². The SMILES string of the molecule is CN=C(NCCc1ccc(OC)c(OC)c1OC)NCc1ccc(C(=O)N(C)C)cc1.I. The monoisotopic (exact) mass is 556 g/mol. The fraction of sp³-hybridized carbons (Fsp3) is 0.391. The lowest BCUT2D eigenvalue weighted by molar-refractivity contribution is 0.0827. The molecule has 8 nitrogen and oxygen atoms in total. The molecular weight excluding hydrogens is 523 g/mol. The van der Waals surface area contributed by atoms with Crippen LogP contribution in [0.2, 0.25) is 0 Å². The summed E-state index contributed by atoms with van der Waals surface area (Å²) >= 11 is 0. The number of carbonyl (C=O) groups is 1. The first-order valence-corrected chi connectivity index (χ1v) is 9.98. The molecule has 0 unspecified atom stereocenters. The Kier molecular flexibility index (Phi) is 11.7. The predicted molar refractivity (Wildman–Crippen MR) is 138 cm³/mol. The Labute approximate surface area is 207 Å². The zero-order chi connectivity index (χ0) is 22.8. The molecule has 0 spiro atoms. The summed E-state index contributed by atoms with van der Waals surface area (Å²) in [6.45, 7) is 1.25. The minimum Gasteiger partial charge on any atom is -0.493 e. The molecule has 0 saturated carbocycles. The van der Waals surface area contributed by atoms with Crippen molar-refractivity contribution in [2.75, 3.05) is 49.0 Å². The highest BCUT2D eigenvalue weighted by atomic mass is 127. The van der Waals surface area contributed by atoms with Crippen molar-refractivity contribution in [3.63, 3.8) is 0 Å². The molecule has 0 radical (unpaired) electrons. The number of methoxy groups -OCH3 is 3. The maximum atomic E-state index is 12.0. The highest BCUT2D eigenvalue weighted by Crippen LogP contribution is 2.39. The second-order valence-corrected chi connectivity index (χ2v) is 6.99. The molecule has 32 heavy (non-hydrogen) atoms. The Bertz CT molecular complexity index is 902. The fourth-order valence-corrected chi connectivity index (χ4v) is 3.11. The van der Waals surface area contributed by atoms with E-state index in [9.17, 15) is 4.79 Å². The molecule has 2 aromatic carbocycles. The van der Waals surface area contributed by atoms with E-state index in [2.05, 4.69) is 15.6 Å². The molecule has 0 heterocycles. The van der Waals surface area contributed by atoms with Gasteiger partial charge in [0.25, 0.3) is 5.91 Å². The van der Waals surface area contributed by atoms with Gasteiger partial charge in [-0.1, -0.05) is 18.2 Å². The smallest absolute Gasteiger partial charge is 0.253 e. The molecule has 0 aliphatic heterocycles. The van der Waals surface area contributed by atoms with Crippen molar-refractivity contribution < 1.29 is 19.0 Å². The number of guanidine groups is 1. The van der Waals surface area contributed by atoms with Crippen molar-refractivity contribution in [2.45, 2.75) is 13.0 Å². The number of hydrogen-bond acceptors (Lipinski definition) is 5. The number of carbonyl (C=O) groups excluding carboxylic acids is 1. The average Bonchev–Trinajstić information content (AvgIpc) is 2.80. The first-order chi connectivity index (χ1) is 14.9. The summed E-state index contributed by atoms with van der Waals surface area (Å²) in [7, 11) is 10.0. The summed E-state index contributed by atoms with van der Waals surface area (Å²) < 4.78 is 16.3. The minimum atomic E-state index is -0.0115. The van der Waals surface area contributed by atoms with Gasteiger partial charge in [-0.15, -0.1) is 24.0 Å². The Morgan fingerprint density at radius 2 is 1.59 bits per heavy atom. The Balaban J connectivity index is 0.00000512. The van der Waals surface area contributed by atoms with Gasteiger partial charge in [0.2, 0.25) is 5.75 Å². The third kappa shape index (κ3) is 7.18. The number of rotatable bonds is 9. The Morgan fingerprint density at radius 3 is 2.12 bits per heavy atom. The number of ether oxygens (including phenoxy) is 3. The van der Waals surface area contributed by atoms with Crippen molar-refractivity contribution in [3.05, 3.63) is 53.1 Å². The molecule has 0 aliphatic carbocycles. The van der Waals surface area contributed by atoms with Crippen LogP contribution < -0.4 is 24.8 Å². The molecular formula is C23H33IN4O4. The standard InChI is InChI=1S/C23H32N4O4.HI/c1-24-23(26-15-16-7-9-18(10-8-16)22(28)27(2)3)25-14-13-17-11-12-19(29-4)21(31-6)20(17)30-5;/h7-12H,13-15H2,1-6H3,(H2,24,25,26);1H. The topological polar surface area (TPSA) is 84.4 Å². The second kappa shape index (κ2) is 13.7. The molecule has 176 valence electrons. The molecule has 1 amide bonds. The highest BCUT2D eigenvalue weighted by Gasteiger charge is 2.15. The van der Waals surface area contributed by atoms with Gasteiger partial charge in [-0.05, 0) is 30.2 Å². The van der Waals surface area contributed by atoms with Gasteiger partial charge in [0, 0.05) is 45.4 Å². The van der Waals surface area contributed by atoms with E-state index in [1.165, 1.54) is 0 Å². The molecule has 2 aromatic rings. The van der Waals surface area contributed by atoms with E-state index in [-0.39, 0.29) is 29.9 Å². The van der Waals surface area contributed by atoms with Gasteiger partial charge < -0.3 is 29.7 Å². The lowest BCUT2D eigenvalue weighted by Gasteiger charge is -2.17. The van der Waals surface area contributed by atoms with Gasteiger partial charge in [-0.3, -0.25) is 9.79 Å². The molecule has 0 aliphatic rings. The van der Waals surface area contributed by atoms with E-state index < -0.39 is 0 Å². The summed E-state index contributed by atoms with van der Waals surface area (Å²) in [6, 6.07) is 11.4. The van der Waals surface area contributed by atoms with Crippen LogP contribution in [-0.4, -0.2) is 65.8 Å². The van der Waals surface area contributed by atoms with Crippen molar-refractivity contribution in [1.82, 2.24) is 15.5 Å². The molecule has 0 aromatic heterocycles. The van der Waals surface area contributed by atoms with Gasteiger partial charge in [-0.25, -0.2) is 0 Å². The van der Waals surface area contributed by atoms with E-state index in [4.69, 9.17) is 14.2 Å². The van der Waals surface area contributed by atoms with E-state index in [0.29, 0.717) is 48.3 Å². The number of benzene rings is 2. The second-order valence-electron chi connectivity index (χ2n) is 6.99. The summed E-state index contributed by atoms with van der Waals surface area (Å²) in [5.74, 6) is 2.56. The van der Waals surface area contributed by atoms with E-state index >= 15 is 0 Å². The molecule has 9 heteroatoms. The maximum absolute atomic E-state index is 12.0. The van der Waals surface area contributed by atoms with Crippen LogP contribution in [0.4, 0.5) is 0 Å². The van der Waals surface area contributed by atoms with E-state index in [0.717, 1.165) is 11.1 Å². The van der Waals surface area contributed by atoms with Crippen molar-refractivity contribution >= 4 is 35.8 Å². The largest absolute Gasteiger partial charge is 0.493 e. The minimum absolute atomic E-state index is 0. The van der Waals surface area contributed by atoms with Gasteiger partial charge >= 0.3 is 0 Å². The zero-order valence-electron chi connectivity index (χ0n) is 19.5. The number of nitrogens with one attached hydrogen (secondary N) is 2. The highest BCUT2D eigenvalue weighted by molar-refractivity contribution is 14.0. The van der Waals surface area contributed by atoms with Gasteiger partial charge in [0.05, 0.1) is 21.3 Å². The lowest BCUT2D eigenvalue weighted by atomic mass is 10.1. The van der Waals surface area contributed by atoms with Crippen LogP contribution >= 0.6 is 24.0 Å². The third-order valence-corrected chi connectivity index (χ3v) is 4.76. The van der Waals surface area contributed by atoms with Crippen LogP contribution in [-0.2, 0) is 13.0 Å². The lowest BCUT2D eigenvalue weighted by Crippen LogP contribution is -2.37. The molecule has 0 fully saturated rings. The molecule has 0 atom stereocenters. The fourth-order valence-electron chi connectivity index (χ4n) is 3.11. The van der Waals surface area contributed by atoms with Crippen LogP contribution in [0.1, 0.15) is 21.5 Å². The first-order valence-electron chi connectivity index (χ1n) is 9.98. The maximum Gasteiger partial charge on any atom is 0.253 e. The summed E-state index contributed by atoms with van der Waals surface area (Å²) in [5.41, 5.74) is 2.73. The van der Waals surface area contributed by atoms with Crippen molar-refractivity contribution in [2.24, 2.45) is 4.99 Å². The number of nitrogens with zero attached hydrogens (tertiary/aromatic N) is 2. The Hall–Kier alpha value is -2.69. The number of hydrogen-bond donors (Lipinski definition) is 2. The van der Waals surface area contributed by atoms with Crippen molar-refractivity contribution in [1.29, 1.82) is 0 Å². The molecule has 0 saturated heterocycles. The normalized spacial score (nSPS) is 10.6. The van der Waals surface area contributed by atoms with E-state index in [1.54, 1.807) is 47.4 Å². The van der Waals surface area contributed by atoms with Crippen LogP contribution in [0, 0.1) is 0 Å². The summed E-state index contributed by atoms with van der Waals surface area (Å²) in [5, 5.41) is 6.58. The molecule has 2 rings (SSSR count). The van der Waals surface area contributed by atoms with Crippen LogP contribution in [0.5, 0.6) is 17.2 Å². The molecule has 0 bridgehead atoms. The zero-order valence-corrected chi connectivity index (χ0v) is 21.9. The van der Waals surface area contributed by atoms with Crippen LogP contribution in [0.3, 0.4) is 0 Å². The molecule has 2 N–H and O–H groups in total. The van der Waals surface area contributed by atoms with E-state index in [1.807, 2.05) is 36.4 Å². The van der Waals surface area contributed by atoms with Crippen molar-refractivity contribution in [3.8, 4) is 17.2 Å². The quantitative estimate of drug-likeness (QED) is 0.281. The predicted octanol–water partition coefficient (Wildman–Crippen LogP) is 2.94. The first kappa shape index (κ1) is 27.3. The summed E-state index contributed by atoms with van der Waals surface area (Å²) in [4.78, 5) is 17.8. The average molecular weight is 556 g/mol. The number of amides is 1. The van der Waals surface area contributed by atoms with Gasteiger partial charge in [0.1, 0.15) is 0 Å². The van der Waals surface area contributed by atoms with Crippen LogP contribution in [0.15, 0.2) is 41.4 Å². The number of halogens is 1. The third-order valence-electron chi connectivity index (χ3n) is 4.76. The van der Waals surface area contributed by atoms with Gasteiger partial charge in [-0.2, -0.15) is 0 Å². The van der Waals surface area contributed by atoms with Crippen LogP contribution in [0.25, 0.3) is 0 Å². The number of aliphatic imine (C=N–C) groups is 1. The Morgan fingerprint density at radius 1 is 0.938 bits per heavy atom.